The molecule has 1 fully saturated rings. The molecular formula is C14H25NO4. The maximum Gasteiger partial charge on any atom is 0.311 e. The number of methoxy groups -OCH3 is 1. The summed E-state index contributed by atoms with van der Waals surface area (Å²) in [5.74, 6) is -0.853. The van der Waals surface area contributed by atoms with Gasteiger partial charge in [0.25, 0.3) is 0 Å². The molecule has 0 radical (unpaired) electrons. The first-order valence-electron chi connectivity index (χ1n) is 7.10. The van der Waals surface area contributed by atoms with Crippen LogP contribution in [0.5, 0.6) is 0 Å². The van der Waals surface area contributed by atoms with Crippen molar-refractivity contribution in [2.75, 3.05) is 20.3 Å². The zero-order chi connectivity index (χ0) is 14.1. The first kappa shape index (κ1) is 16.0. The highest BCUT2D eigenvalue weighted by molar-refractivity contribution is 5.79. The van der Waals surface area contributed by atoms with Crippen molar-refractivity contribution in [3.8, 4) is 0 Å². The summed E-state index contributed by atoms with van der Waals surface area (Å²) in [6.07, 6.45) is 6.46. The molecule has 0 bridgehead atoms. The Bertz CT molecular complexity index is 296. The monoisotopic (exact) mass is 271 g/mol. The standard InChI is InChI=1S/C14H25NO4/c1-19-10-6-7-12(16)15-11-14(13(17)18)8-4-2-3-5-9-14/h2-11H2,1H3,(H,15,16)(H,17,18). The lowest BCUT2D eigenvalue weighted by Gasteiger charge is -2.28. The molecule has 0 spiro atoms. The third-order valence-corrected chi connectivity index (χ3v) is 3.89. The molecule has 0 heterocycles. The molecule has 0 atom stereocenters. The van der Waals surface area contributed by atoms with Crippen molar-refractivity contribution in [3.63, 3.8) is 0 Å². The first-order valence-corrected chi connectivity index (χ1v) is 7.10. The van der Waals surface area contributed by atoms with Crippen molar-refractivity contribution in [1.29, 1.82) is 0 Å². The number of carboxylic acids is 1. The number of hydrogen-bond donors (Lipinski definition) is 2. The zero-order valence-electron chi connectivity index (χ0n) is 11.7. The average molecular weight is 271 g/mol. The SMILES string of the molecule is COCCCC(=O)NCC1(C(=O)O)CCCCCC1. The number of carboxylic acid groups (broad SMARTS) is 1. The van der Waals surface area contributed by atoms with Crippen LogP contribution in [0.3, 0.4) is 0 Å². The molecule has 2 N–H and O–H groups in total. The lowest BCUT2D eigenvalue weighted by Crippen LogP contribution is -2.42. The van der Waals surface area contributed by atoms with E-state index in [2.05, 4.69) is 5.32 Å². The predicted molar refractivity (Wildman–Crippen MR) is 71.9 cm³/mol. The second-order valence-electron chi connectivity index (χ2n) is 5.37. The van der Waals surface area contributed by atoms with E-state index < -0.39 is 11.4 Å². The summed E-state index contributed by atoms with van der Waals surface area (Å²) in [4.78, 5) is 23.2. The van der Waals surface area contributed by atoms with E-state index in [1.807, 2.05) is 0 Å². The third-order valence-electron chi connectivity index (χ3n) is 3.89. The normalized spacial score (nSPS) is 18.6. The van der Waals surface area contributed by atoms with Crippen molar-refractivity contribution < 1.29 is 19.4 Å². The van der Waals surface area contributed by atoms with E-state index in [0.29, 0.717) is 32.3 Å². The van der Waals surface area contributed by atoms with Crippen LogP contribution < -0.4 is 5.32 Å². The second-order valence-corrected chi connectivity index (χ2v) is 5.37. The van der Waals surface area contributed by atoms with Gasteiger partial charge < -0.3 is 15.2 Å². The number of rotatable bonds is 7. The van der Waals surface area contributed by atoms with Gasteiger partial charge in [-0.1, -0.05) is 25.7 Å². The van der Waals surface area contributed by atoms with E-state index in [1.54, 1.807) is 7.11 Å². The van der Waals surface area contributed by atoms with Gasteiger partial charge in [-0.2, -0.15) is 0 Å². The highest BCUT2D eigenvalue weighted by Gasteiger charge is 2.38. The van der Waals surface area contributed by atoms with Crippen LogP contribution in [0.15, 0.2) is 0 Å². The van der Waals surface area contributed by atoms with Gasteiger partial charge in [-0.25, -0.2) is 0 Å². The fourth-order valence-corrected chi connectivity index (χ4v) is 2.60. The van der Waals surface area contributed by atoms with Gasteiger partial charge in [0.2, 0.25) is 5.91 Å². The molecule has 1 aliphatic rings. The highest BCUT2D eigenvalue weighted by atomic mass is 16.5. The number of ether oxygens (including phenoxy) is 1. The van der Waals surface area contributed by atoms with Gasteiger partial charge in [-0.05, 0) is 19.3 Å². The predicted octanol–water partition coefficient (Wildman–Crippen LogP) is 1.95. The highest BCUT2D eigenvalue weighted by Crippen LogP contribution is 2.34. The van der Waals surface area contributed by atoms with Crippen LogP contribution in [-0.2, 0) is 14.3 Å². The smallest absolute Gasteiger partial charge is 0.311 e. The Labute approximate surface area is 114 Å². The molecule has 1 saturated carbocycles. The first-order chi connectivity index (χ1) is 9.10. The Kier molecular flexibility index (Phi) is 6.84. The second kappa shape index (κ2) is 8.15. The largest absolute Gasteiger partial charge is 0.481 e. The summed E-state index contributed by atoms with van der Waals surface area (Å²) >= 11 is 0. The minimum absolute atomic E-state index is 0.0816. The Morgan fingerprint density at radius 2 is 1.84 bits per heavy atom. The van der Waals surface area contributed by atoms with E-state index in [1.165, 1.54) is 0 Å². The molecule has 5 heteroatoms. The number of nitrogens with one attached hydrogen (secondary N) is 1. The molecule has 0 unspecified atom stereocenters. The molecule has 0 aromatic rings. The molecule has 5 nitrogen and oxygen atoms in total. The number of hydrogen-bond acceptors (Lipinski definition) is 3. The summed E-state index contributed by atoms with van der Waals surface area (Å²) < 4.78 is 4.89. The summed E-state index contributed by atoms with van der Waals surface area (Å²) in [6.45, 7) is 0.811. The maximum atomic E-state index is 11.7. The summed E-state index contributed by atoms with van der Waals surface area (Å²) in [6, 6.07) is 0. The molecule has 0 aromatic heterocycles. The van der Waals surface area contributed by atoms with Gasteiger partial charge in [0.1, 0.15) is 0 Å². The summed E-state index contributed by atoms with van der Waals surface area (Å²) in [5, 5.41) is 12.3. The Balaban J connectivity index is 2.45. The van der Waals surface area contributed by atoms with Crippen LogP contribution in [0.1, 0.15) is 51.4 Å². The molecule has 0 saturated heterocycles. The van der Waals surface area contributed by atoms with E-state index in [0.717, 1.165) is 25.7 Å². The van der Waals surface area contributed by atoms with Crippen LogP contribution in [0, 0.1) is 5.41 Å². The van der Waals surface area contributed by atoms with Crippen LogP contribution in [0.25, 0.3) is 0 Å². The van der Waals surface area contributed by atoms with Crippen molar-refractivity contribution in [1.82, 2.24) is 5.32 Å². The van der Waals surface area contributed by atoms with E-state index in [4.69, 9.17) is 4.74 Å². The number of aliphatic carboxylic acids is 1. The zero-order valence-corrected chi connectivity index (χ0v) is 11.7. The lowest BCUT2D eigenvalue weighted by atomic mass is 9.80. The summed E-state index contributed by atoms with van der Waals surface area (Å²) in [7, 11) is 1.60. The van der Waals surface area contributed by atoms with Crippen LogP contribution in [0.2, 0.25) is 0 Å². The van der Waals surface area contributed by atoms with Crippen LogP contribution >= 0.6 is 0 Å². The summed E-state index contributed by atoms with van der Waals surface area (Å²) in [5.41, 5.74) is -0.757. The Hall–Kier alpha value is -1.10. The van der Waals surface area contributed by atoms with E-state index >= 15 is 0 Å². The lowest BCUT2D eigenvalue weighted by molar-refractivity contribution is -0.149. The number of carbonyl (C=O) groups excluding carboxylic acids is 1. The van der Waals surface area contributed by atoms with Crippen LogP contribution in [-0.4, -0.2) is 37.2 Å². The molecular weight excluding hydrogens is 246 g/mol. The molecule has 0 aliphatic heterocycles. The minimum Gasteiger partial charge on any atom is -0.481 e. The van der Waals surface area contributed by atoms with E-state index in [-0.39, 0.29) is 12.5 Å². The fraction of sp³-hybridized carbons (Fsp3) is 0.857. The topological polar surface area (TPSA) is 75.6 Å². The van der Waals surface area contributed by atoms with E-state index in [9.17, 15) is 14.7 Å². The number of carbonyl (C=O) groups is 2. The van der Waals surface area contributed by atoms with Gasteiger partial charge in [-0.15, -0.1) is 0 Å². The Morgan fingerprint density at radius 3 is 2.37 bits per heavy atom. The quantitative estimate of drug-likeness (QED) is 0.548. The van der Waals surface area contributed by atoms with Crippen molar-refractivity contribution in [2.45, 2.75) is 51.4 Å². The van der Waals surface area contributed by atoms with Gasteiger partial charge in [-0.3, -0.25) is 9.59 Å². The van der Waals surface area contributed by atoms with Crippen LogP contribution in [0.4, 0.5) is 0 Å². The molecule has 1 amide bonds. The van der Waals surface area contributed by atoms with Gasteiger partial charge in [0.05, 0.1) is 5.41 Å². The Morgan fingerprint density at radius 1 is 1.21 bits per heavy atom. The van der Waals surface area contributed by atoms with Crippen molar-refractivity contribution in [3.05, 3.63) is 0 Å². The average Bonchev–Trinajstić information content (AvgIpc) is 2.63. The maximum absolute atomic E-state index is 11.7. The molecule has 1 aliphatic carbocycles. The fourth-order valence-electron chi connectivity index (χ4n) is 2.60. The van der Waals surface area contributed by atoms with Gasteiger partial charge in [0.15, 0.2) is 0 Å². The third kappa shape index (κ3) is 5.19. The van der Waals surface area contributed by atoms with Crippen molar-refractivity contribution >= 4 is 11.9 Å². The molecule has 19 heavy (non-hydrogen) atoms. The van der Waals surface area contributed by atoms with Gasteiger partial charge >= 0.3 is 5.97 Å². The van der Waals surface area contributed by atoms with Gasteiger partial charge in [0, 0.05) is 26.7 Å². The minimum atomic E-state index is -0.772. The molecule has 1 rings (SSSR count). The molecule has 110 valence electrons. The van der Waals surface area contributed by atoms with Crippen molar-refractivity contribution in [2.24, 2.45) is 5.41 Å². The molecule has 0 aromatic carbocycles. The number of amides is 1.